The fourth-order valence-corrected chi connectivity index (χ4v) is 18.7. The topological polar surface area (TPSA) is 71.1 Å². The van der Waals surface area contributed by atoms with E-state index in [0.29, 0.717) is 9.75 Å². The van der Waals surface area contributed by atoms with E-state index in [1.807, 2.05) is 0 Å². The highest BCUT2D eigenvalue weighted by Gasteiger charge is 2.46. The molecule has 0 radical (unpaired) electrons. The molecule has 0 aliphatic heterocycles. The lowest BCUT2D eigenvalue weighted by atomic mass is 10.0. The van der Waals surface area contributed by atoms with Crippen LogP contribution in [0.15, 0.2) is 133 Å². The summed E-state index contributed by atoms with van der Waals surface area (Å²) in [5, 5.41) is 5.33. The lowest BCUT2D eigenvalue weighted by molar-refractivity contribution is 0.226. The van der Waals surface area contributed by atoms with Crippen molar-refractivity contribution in [3.63, 3.8) is 0 Å². The Labute approximate surface area is 376 Å². The second-order valence-corrected chi connectivity index (χ2v) is 23.1. The normalized spacial score (nSPS) is 12.3. The van der Waals surface area contributed by atoms with Crippen molar-refractivity contribution in [2.75, 3.05) is 26.4 Å². The molecular formula is C48H42O6P2S5. The first-order valence-corrected chi connectivity index (χ1v) is 27.3. The molecule has 0 atom stereocenters. The van der Waals surface area contributed by atoms with Crippen LogP contribution in [0.5, 0.6) is 0 Å². The summed E-state index contributed by atoms with van der Waals surface area (Å²) >= 11 is 8.11. The van der Waals surface area contributed by atoms with Gasteiger partial charge in [0, 0.05) is 39.0 Å². The highest BCUT2D eigenvalue weighted by Crippen LogP contribution is 2.60. The van der Waals surface area contributed by atoms with Gasteiger partial charge in [0.15, 0.2) is 0 Å². The Bertz CT molecular complexity index is 2860. The van der Waals surface area contributed by atoms with Crippen LogP contribution in [0.1, 0.15) is 27.7 Å². The van der Waals surface area contributed by atoms with Gasteiger partial charge in [0.05, 0.1) is 46.8 Å². The number of benzene rings is 4. The van der Waals surface area contributed by atoms with Crippen LogP contribution in [0.4, 0.5) is 0 Å². The summed E-state index contributed by atoms with van der Waals surface area (Å²) in [6.45, 7) is 7.64. The quantitative estimate of drug-likeness (QED) is 0.0899. The van der Waals surface area contributed by atoms with Crippen LogP contribution < -0.4 is 10.6 Å². The van der Waals surface area contributed by atoms with E-state index >= 15 is 9.13 Å². The van der Waals surface area contributed by atoms with E-state index in [4.69, 9.17) is 18.1 Å². The minimum absolute atomic E-state index is 0.122. The predicted octanol–water partition coefficient (Wildman–Crippen LogP) is 16.1. The monoisotopic (exact) mass is 936 g/mol. The van der Waals surface area contributed by atoms with E-state index in [9.17, 15) is 0 Å². The summed E-state index contributed by atoms with van der Waals surface area (Å²) in [6, 6.07) is 46.7. The van der Waals surface area contributed by atoms with E-state index in [2.05, 4.69) is 133 Å². The summed E-state index contributed by atoms with van der Waals surface area (Å²) in [5.74, 6) is 0. The lowest BCUT2D eigenvalue weighted by Crippen LogP contribution is -2.28. The van der Waals surface area contributed by atoms with Crippen molar-refractivity contribution in [2.45, 2.75) is 27.7 Å². The highest BCUT2D eigenvalue weighted by atomic mass is 32.1. The van der Waals surface area contributed by atoms with E-state index in [-0.39, 0.29) is 37.0 Å². The second kappa shape index (κ2) is 18.1. The third-order valence-corrected chi connectivity index (χ3v) is 21.3. The number of thiophene rings is 5. The fourth-order valence-electron chi connectivity index (χ4n) is 7.56. The molecule has 5 aromatic heterocycles. The van der Waals surface area contributed by atoms with Gasteiger partial charge in [-0.2, -0.15) is 0 Å². The van der Waals surface area contributed by atoms with Gasteiger partial charge in [0.2, 0.25) is 0 Å². The zero-order valence-corrected chi connectivity index (χ0v) is 39.8. The Balaban J connectivity index is 1.18. The molecule has 6 nitrogen and oxygen atoms in total. The van der Waals surface area contributed by atoms with Gasteiger partial charge in [-0.25, -0.2) is 0 Å². The zero-order valence-electron chi connectivity index (χ0n) is 33.9. The van der Waals surface area contributed by atoms with Crippen LogP contribution in [0.2, 0.25) is 0 Å². The van der Waals surface area contributed by atoms with Crippen LogP contribution in [-0.4, -0.2) is 26.4 Å². The SMILES string of the molecule is CCOP(=O)(OCC)c1c(-c2ccc(-c3ccc(-c4cccc5ccccc45)s3)s2)sc(-c2ccc(-c3ccc(-c4cccc5ccccc45)s3)s2)c1P(=O)(OCC)OCC. The average molecular weight is 937 g/mol. The lowest BCUT2D eigenvalue weighted by Gasteiger charge is -2.23. The van der Waals surface area contributed by atoms with Gasteiger partial charge in [-0.1, -0.05) is 84.9 Å². The van der Waals surface area contributed by atoms with Crippen LogP contribution >= 0.6 is 71.9 Å². The maximum atomic E-state index is 15.3. The molecule has 310 valence electrons. The molecular weight excluding hydrogens is 895 g/mol. The van der Waals surface area contributed by atoms with Gasteiger partial charge in [-0.3, -0.25) is 9.13 Å². The minimum Gasteiger partial charge on any atom is -0.305 e. The van der Waals surface area contributed by atoms with Crippen molar-refractivity contribution in [1.82, 2.24) is 0 Å². The van der Waals surface area contributed by atoms with Crippen molar-refractivity contribution in [2.24, 2.45) is 0 Å². The first-order chi connectivity index (χ1) is 29.8. The number of fused-ring (bicyclic) bond motifs is 2. The third kappa shape index (κ3) is 8.16. The second-order valence-electron chi connectivity index (χ2n) is 13.8. The average Bonchev–Trinajstić information content (AvgIpc) is 4.13. The molecule has 5 heterocycles. The molecule has 0 bridgehead atoms. The fraction of sp³-hybridized carbons (Fsp3) is 0.167. The summed E-state index contributed by atoms with van der Waals surface area (Å²) in [4.78, 5) is 9.77. The van der Waals surface area contributed by atoms with Crippen LogP contribution in [0.3, 0.4) is 0 Å². The molecule has 9 rings (SSSR count). The third-order valence-electron chi connectivity index (χ3n) is 10.1. The molecule has 0 fully saturated rings. The maximum absolute atomic E-state index is 15.3. The van der Waals surface area contributed by atoms with Crippen molar-refractivity contribution in [3.05, 3.63) is 133 Å². The summed E-state index contributed by atoms with van der Waals surface area (Å²) in [6.07, 6.45) is 0. The number of hydrogen-bond acceptors (Lipinski definition) is 11. The summed E-state index contributed by atoms with van der Waals surface area (Å²) in [5.41, 5.74) is 2.39. The number of hydrogen-bond donors (Lipinski definition) is 0. The Morgan fingerprint density at radius 2 is 0.672 bits per heavy atom. The number of rotatable bonds is 16. The van der Waals surface area contributed by atoms with Gasteiger partial charge < -0.3 is 18.1 Å². The highest BCUT2D eigenvalue weighted by molar-refractivity contribution is 7.71. The Kier molecular flexibility index (Phi) is 12.6. The van der Waals surface area contributed by atoms with Gasteiger partial charge in [0.25, 0.3) is 0 Å². The van der Waals surface area contributed by atoms with E-state index in [0.717, 1.165) is 29.3 Å². The molecule has 9 aromatic rings. The maximum Gasteiger partial charge on any atom is 0.363 e. The van der Waals surface area contributed by atoms with Crippen molar-refractivity contribution < 1.29 is 27.2 Å². The van der Waals surface area contributed by atoms with E-state index in [1.54, 1.807) is 73.0 Å². The summed E-state index contributed by atoms with van der Waals surface area (Å²) < 4.78 is 55.0. The van der Waals surface area contributed by atoms with Gasteiger partial charge in [-0.05, 0) is 109 Å². The Morgan fingerprint density at radius 3 is 1.05 bits per heavy atom. The molecule has 0 aliphatic carbocycles. The van der Waals surface area contributed by atoms with E-state index in [1.165, 1.54) is 53.8 Å². The molecule has 0 amide bonds. The van der Waals surface area contributed by atoms with Gasteiger partial charge >= 0.3 is 15.2 Å². The molecule has 0 aliphatic rings. The molecule has 0 saturated carbocycles. The molecule has 61 heavy (non-hydrogen) atoms. The molecule has 0 N–H and O–H groups in total. The molecule has 13 heteroatoms. The smallest absolute Gasteiger partial charge is 0.305 e. The predicted molar refractivity (Wildman–Crippen MR) is 264 cm³/mol. The van der Waals surface area contributed by atoms with Gasteiger partial charge in [-0.15, -0.1) is 56.7 Å². The first kappa shape index (κ1) is 42.5. The van der Waals surface area contributed by atoms with Gasteiger partial charge in [0.1, 0.15) is 0 Å². The first-order valence-electron chi connectivity index (χ1n) is 20.1. The largest absolute Gasteiger partial charge is 0.363 e. The van der Waals surface area contributed by atoms with Crippen molar-refractivity contribution >= 4 is 104 Å². The molecule has 4 aromatic carbocycles. The Morgan fingerprint density at radius 1 is 0.361 bits per heavy atom. The van der Waals surface area contributed by atoms with Crippen LogP contribution in [0, 0.1) is 0 Å². The standard InChI is InChI=1S/C48H42O6P2S5/c1-5-51-55(49,52-6-2)45-46(56(50,53-7-3)54-8-4)48(44-30-28-42(60-44)40-26-24-38(58-40)36-22-14-18-32-16-10-12-20-34(32)36)61-47(45)43-29-27-41(59-43)39-25-23-37(57-39)35-21-13-17-31-15-9-11-19-33(31)35/h9-30H,5-8H2,1-4H3. The molecule has 0 unspecified atom stereocenters. The van der Waals surface area contributed by atoms with Crippen molar-refractivity contribution in [1.29, 1.82) is 0 Å². The zero-order chi connectivity index (χ0) is 42.1. The van der Waals surface area contributed by atoms with Crippen molar-refractivity contribution in [3.8, 4) is 59.9 Å². The minimum atomic E-state index is -4.09. The van der Waals surface area contributed by atoms with Crippen LogP contribution in [-0.2, 0) is 27.2 Å². The summed E-state index contributed by atoms with van der Waals surface area (Å²) in [7, 11) is -8.17. The Hall–Kier alpha value is -3.80. The molecule has 0 saturated heterocycles. The molecule has 0 spiro atoms. The van der Waals surface area contributed by atoms with Crippen LogP contribution in [0.25, 0.3) is 81.4 Å². The van der Waals surface area contributed by atoms with E-state index < -0.39 is 15.2 Å².